The maximum absolute atomic E-state index is 13.8. The van der Waals surface area contributed by atoms with Crippen LogP contribution in [0.4, 0.5) is 0 Å². The summed E-state index contributed by atoms with van der Waals surface area (Å²) in [6.45, 7) is 0. The lowest BCUT2D eigenvalue weighted by atomic mass is 9.84. The maximum atomic E-state index is 13.8. The van der Waals surface area contributed by atoms with Crippen LogP contribution >= 0.6 is 46.1 Å². The molecule has 3 aromatic carbocycles. The van der Waals surface area contributed by atoms with Crippen LogP contribution in [0, 0.1) is 0 Å². The number of fused-ring (bicyclic) bond motifs is 1. The summed E-state index contributed by atoms with van der Waals surface area (Å²) in [5.41, 5.74) is 5.89. The first-order valence-corrected chi connectivity index (χ1v) is 13.9. The molecule has 37 heavy (non-hydrogen) atoms. The fourth-order valence-corrected chi connectivity index (χ4v) is 6.58. The predicted octanol–water partition coefficient (Wildman–Crippen LogP) is 7.44. The van der Waals surface area contributed by atoms with Crippen LogP contribution in [0.25, 0.3) is 12.2 Å². The quantitative estimate of drug-likeness (QED) is 0.255. The van der Waals surface area contributed by atoms with Gasteiger partial charge in [-0.1, -0.05) is 94.7 Å². The molecule has 0 saturated heterocycles. The van der Waals surface area contributed by atoms with Gasteiger partial charge in [-0.3, -0.25) is 9.36 Å². The second-order valence-corrected chi connectivity index (χ2v) is 11.3. The molecule has 0 amide bonds. The molecule has 1 atom stereocenters. The van der Waals surface area contributed by atoms with E-state index in [1.165, 1.54) is 11.3 Å². The summed E-state index contributed by atoms with van der Waals surface area (Å²) in [5, 5.41) is 1.99. The van der Waals surface area contributed by atoms with E-state index in [0.717, 1.165) is 52.8 Å². The molecule has 0 bridgehead atoms. The topological polar surface area (TPSA) is 34.4 Å². The van der Waals surface area contributed by atoms with Crippen LogP contribution in [-0.4, -0.2) is 4.57 Å². The summed E-state index contributed by atoms with van der Waals surface area (Å²) in [6.07, 6.45) is 6.72. The van der Waals surface area contributed by atoms with Crippen LogP contribution in [0.1, 0.15) is 42.0 Å². The average Bonchev–Trinajstić information content (AvgIpc) is 3.21. The van der Waals surface area contributed by atoms with Gasteiger partial charge in [-0.05, 0) is 83.5 Å². The lowest BCUT2D eigenvalue weighted by molar-refractivity contribution is 0.553. The van der Waals surface area contributed by atoms with Crippen molar-refractivity contribution in [3.8, 4) is 0 Å². The van der Waals surface area contributed by atoms with E-state index in [0.29, 0.717) is 24.4 Å². The highest BCUT2D eigenvalue weighted by Gasteiger charge is 2.33. The van der Waals surface area contributed by atoms with Crippen molar-refractivity contribution in [2.75, 3.05) is 0 Å². The van der Waals surface area contributed by atoms with Gasteiger partial charge >= 0.3 is 0 Å². The average molecular weight is 564 g/mol. The third-order valence-corrected chi connectivity index (χ3v) is 8.66. The van der Waals surface area contributed by atoms with Gasteiger partial charge in [0.2, 0.25) is 0 Å². The summed E-state index contributed by atoms with van der Waals surface area (Å²) in [4.78, 5) is 19.6. The molecule has 2 aliphatic rings. The second kappa shape index (κ2) is 10.1. The molecule has 0 saturated carbocycles. The van der Waals surface area contributed by atoms with Gasteiger partial charge in [0.05, 0.1) is 16.3 Å². The van der Waals surface area contributed by atoms with Crippen molar-refractivity contribution < 1.29 is 0 Å². The molecular formula is C30H21Cl3N2OS. The molecule has 0 N–H and O–H groups in total. The Morgan fingerprint density at radius 1 is 0.865 bits per heavy atom. The normalized spacial score (nSPS) is 18.5. The van der Waals surface area contributed by atoms with E-state index in [9.17, 15) is 4.79 Å². The molecule has 2 heterocycles. The zero-order valence-electron chi connectivity index (χ0n) is 19.6. The molecule has 1 unspecified atom stereocenters. The highest BCUT2D eigenvalue weighted by Crippen LogP contribution is 2.42. The minimum Gasteiger partial charge on any atom is -0.272 e. The van der Waals surface area contributed by atoms with Crippen LogP contribution < -0.4 is 14.9 Å². The Morgan fingerprint density at radius 2 is 1.59 bits per heavy atom. The first-order valence-electron chi connectivity index (χ1n) is 12.0. The van der Waals surface area contributed by atoms with Gasteiger partial charge in [0.1, 0.15) is 0 Å². The first kappa shape index (κ1) is 24.4. The van der Waals surface area contributed by atoms with Gasteiger partial charge in [0, 0.05) is 15.1 Å². The van der Waals surface area contributed by atoms with E-state index in [2.05, 4.69) is 6.08 Å². The molecule has 6 rings (SSSR count). The Bertz CT molecular complexity index is 1760. The third kappa shape index (κ3) is 4.64. The summed E-state index contributed by atoms with van der Waals surface area (Å²) in [5.74, 6) is 0. The van der Waals surface area contributed by atoms with Gasteiger partial charge in [-0.15, -0.1) is 0 Å². The number of rotatable bonds is 3. The molecule has 0 radical (unpaired) electrons. The van der Waals surface area contributed by atoms with Crippen molar-refractivity contribution in [1.82, 2.24) is 4.57 Å². The Labute approximate surface area is 233 Å². The molecule has 184 valence electrons. The zero-order valence-corrected chi connectivity index (χ0v) is 22.7. The molecule has 0 spiro atoms. The molecule has 1 aromatic heterocycles. The van der Waals surface area contributed by atoms with Gasteiger partial charge in [0.25, 0.3) is 5.56 Å². The fraction of sp³-hybridized carbons (Fsp3) is 0.133. The molecule has 4 aromatic rings. The monoisotopic (exact) mass is 562 g/mol. The van der Waals surface area contributed by atoms with Gasteiger partial charge < -0.3 is 0 Å². The number of benzene rings is 3. The number of hydrogen-bond acceptors (Lipinski definition) is 3. The van der Waals surface area contributed by atoms with E-state index in [1.807, 2.05) is 83.4 Å². The van der Waals surface area contributed by atoms with Crippen molar-refractivity contribution in [1.29, 1.82) is 0 Å². The van der Waals surface area contributed by atoms with E-state index >= 15 is 0 Å². The van der Waals surface area contributed by atoms with E-state index < -0.39 is 0 Å². The first-order chi connectivity index (χ1) is 18.0. The van der Waals surface area contributed by atoms with Crippen molar-refractivity contribution in [2.45, 2.75) is 25.3 Å². The Morgan fingerprint density at radius 3 is 2.35 bits per heavy atom. The van der Waals surface area contributed by atoms with Crippen LogP contribution in [0.3, 0.4) is 0 Å². The van der Waals surface area contributed by atoms with Gasteiger partial charge in [0.15, 0.2) is 4.80 Å². The SMILES string of the molecule is O=c1/c(=C\c2ccc(Cl)cc2)sc2n1C(c1ccccc1Cl)C1=C(N=2)/C(=C/c2ccccc2Cl)CCC1. The minimum absolute atomic E-state index is 0.0719. The third-order valence-electron chi connectivity index (χ3n) is 6.74. The number of allylic oxidation sites excluding steroid dienone is 2. The largest absolute Gasteiger partial charge is 0.272 e. The number of aromatic nitrogens is 1. The zero-order chi connectivity index (χ0) is 25.5. The molecular weight excluding hydrogens is 543 g/mol. The van der Waals surface area contributed by atoms with Crippen LogP contribution in [0.15, 0.2) is 99.4 Å². The number of halogens is 3. The van der Waals surface area contributed by atoms with E-state index in [4.69, 9.17) is 39.8 Å². The van der Waals surface area contributed by atoms with Crippen molar-refractivity contribution >= 4 is 58.3 Å². The molecule has 1 aliphatic carbocycles. The molecule has 0 fully saturated rings. The lowest BCUT2D eigenvalue weighted by Gasteiger charge is -2.31. The Kier molecular flexibility index (Phi) is 6.68. The van der Waals surface area contributed by atoms with Gasteiger partial charge in [-0.25, -0.2) is 4.99 Å². The predicted molar refractivity (Wildman–Crippen MR) is 154 cm³/mol. The van der Waals surface area contributed by atoms with Crippen LogP contribution in [0.5, 0.6) is 0 Å². The summed E-state index contributed by atoms with van der Waals surface area (Å²) < 4.78 is 2.43. The van der Waals surface area contributed by atoms with Crippen molar-refractivity contribution in [2.24, 2.45) is 4.99 Å². The second-order valence-electron chi connectivity index (χ2n) is 9.07. The van der Waals surface area contributed by atoms with Crippen LogP contribution in [0.2, 0.25) is 15.1 Å². The Balaban J connectivity index is 1.60. The molecule has 1 aliphatic heterocycles. The summed E-state index contributed by atoms with van der Waals surface area (Å²) in [7, 11) is 0. The Hall–Kier alpha value is -2.89. The van der Waals surface area contributed by atoms with E-state index in [1.54, 1.807) is 0 Å². The fourth-order valence-electron chi connectivity index (χ4n) is 5.02. The highest BCUT2D eigenvalue weighted by molar-refractivity contribution is 7.07. The number of nitrogens with zero attached hydrogens (tertiary/aromatic N) is 2. The van der Waals surface area contributed by atoms with Gasteiger partial charge in [-0.2, -0.15) is 0 Å². The summed E-state index contributed by atoms with van der Waals surface area (Å²) in [6, 6.07) is 22.7. The highest BCUT2D eigenvalue weighted by atomic mass is 35.5. The molecule has 7 heteroatoms. The van der Waals surface area contributed by atoms with Crippen molar-refractivity contribution in [3.63, 3.8) is 0 Å². The van der Waals surface area contributed by atoms with Crippen molar-refractivity contribution in [3.05, 3.63) is 141 Å². The minimum atomic E-state index is -0.317. The maximum Gasteiger partial charge on any atom is 0.271 e. The van der Waals surface area contributed by atoms with E-state index in [-0.39, 0.29) is 11.6 Å². The smallest absolute Gasteiger partial charge is 0.271 e. The van der Waals surface area contributed by atoms with Crippen LogP contribution in [-0.2, 0) is 0 Å². The molecule has 3 nitrogen and oxygen atoms in total. The number of thiazole rings is 1. The number of hydrogen-bond donors (Lipinski definition) is 0. The standard InChI is InChI=1S/C30H21Cl3N2OS/c31-21-14-12-18(13-15-21)16-26-29(36)35-28(22-8-2-4-11-25(22)33)23-9-5-7-20(27(23)34-30(35)37-26)17-19-6-1-3-10-24(19)32/h1-4,6,8,10-17,28H,5,7,9H2/b20-17+,26-16+. The summed E-state index contributed by atoms with van der Waals surface area (Å²) >= 11 is 20.7. The lowest BCUT2D eigenvalue weighted by Crippen LogP contribution is -2.39.